The second-order valence-corrected chi connectivity index (χ2v) is 2.89. The van der Waals surface area contributed by atoms with Crippen LogP contribution < -0.4 is 0 Å². The molecule has 1 heterocycles. The number of allylic oxidation sites excluding steroid dienone is 4. The van der Waals surface area contributed by atoms with Crippen molar-refractivity contribution in [3.05, 3.63) is 35.5 Å². The van der Waals surface area contributed by atoms with E-state index in [-0.39, 0.29) is 0 Å². The second kappa shape index (κ2) is 3.05. The van der Waals surface area contributed by atoms with E-state index in [0.29, 0.717) is 0 Å². The lowest BCUT2D eigenvalue weighted by atomic mass is 10.0. The number of fused-ring (bicyclic) bond motifs is 1. The van der Waals surface area contributed by atoms with E-state index in [1.54, 1.807) is 0 Å². The van der Waals surface area contributed by atoms with Gasteiger partial charge < -0.3 is 4.74 Å². The Hall–Kier alpha value is -0.820. The van der Waals surface area contributed by atoms with E-state index in [9.17, 15) is 0 Å². The molecule has 0 unspecified atom stereocenters. The zero-order valence-corrected chi connectivity index (χ0v) is 6.55. The van der Waals surface area contributed by atoms with Crippen molar-refractivity contribution in [2.75, 3.05) is 13.2 Å². The van der Waals surface area contributed by atoms with Crippen molar-refractivity contribution in [2.24, 2.45) is 0 Å². The van der Waals surface area contributed by atoms with Gasteiger partial charge >= 0.3 is 0 Å². The third kappa shape index (κ3) is 1.43. The topological polar surface area (TPSA) is 9.23 Å². The van der Waals surface area contributed by atoms with E-state index in [1.165, 1.54) is 11.1 Å². The minimum Gasteiger partial charge on any atom is -0.376 e. The molecular weight excluding hydrogens is 136 g/mol. The zero-order valence-electron chi connectivity index (χ0n) is 6.55. The molecule has 2 aliphatic rings. The highest BCUT2D eigenvalue weighted by atomic mass is 16.5. The first-order valence-corrected chi connectivity index (χ1v) is 4.09. The van der Waals surface area contributed by atoms with E-state index in [1.807, 2.05) is 0 Å². The number of hydrogen-bond donors (Lipinski definition) is 0. The number of ether oxygens (including phenoxy) is 1. The normalized spacial score (nSPS) is 23.3. The molecule has 1 aliphatic carbocycles. The highest BCUT2D eigenvalue weighted by Gasteiger charge is 2.10. The maximum atomic E-state index is 5.35. The molecule has 11 heavy (non-hydrogen) atoms. The molecule has 0 aromatic rings. The Kier molecular flexibility index (Phi) is 1.91. The summed E-state index contributed by atoms with van der Waals surface area (Å²) in [6.07, 6.45) is 10.9. The summed E-state index contributed by atoms with van der Waals surface area (Å²) in [4.78, 5) is 0. The zero-order chi connectivity index (χ0) is 7.52. The summed E-state index contributed by atoms with van der Waals surface area (Å²) >= 11 is 0. The van der Waals surface area contributed by atoms with Crippen molar-refractivity contribution in [2.45, 2.75) is 12.8 Å². The summed E-state index contributed by atoms with van der Waals surface area (Å²) in [5.74, 6) is 0. The van der Waals surface area contributed by atoms with Gasteiger partial charge in [-0.15, -0.1) is 0 Å². The maximum Gasteiger partial charge on any atom is 0.0719 e. The van der Waals surface area contributed by atoms with E-state index >= 15 is 0 Å². The van der Waals surface area contributed by atoms with Crippen LogP contribution >= 0.6 is 0 Å². The molecule has 0 spiro atoms. The molecular formula is C10H12O. The lowest BCUT2D eigenvalue weighted by Crippen LogP contribution is -2.10. The molecule has 0 radical (unpaired) electrons. The van der Waals surface area contributed by atoms with Crippen molar-refractivity contribution in [3.8, 4) is 0 Å². The molecule has 2 rings (SSSR count). The molecule has 58 valence electrons. The highest BCUT2D eigenvalue weighted by Crippen LogP contribution is 2.22. The van der Waals surface area contributed by atoms with Gasteiger partial charge in [-0.05, 0) is 24.0 Å². The summed E-state index contributed by atoms with van der Waals surface area (Å²) in [6, 6.07) is 0. The molecule has 0 bridgehead atoms. The van der Waals surface area contributed by atoms with E-state index < -0.39 is 0 Å². The Morgan fingerprint density at radius 3 is 3.27 bits per heavy atom. The van der Waals surface area contributed by atoms with Gasteiger partial charge in [0.05, 0.1) is 13.2 Å². The third-order valence-electron chi connectivity index (χ3n) is 2.12. The quantitative estimate of drug-likeness (QED) is 0.512. The van der Waals surface area contributed by atoms with E-state index in [4.69, 9.17) is 4.74 Å². The summed E-state index contributed by atoms with van der Waals surface area (Å²) in [7, 11) is 0. The van der Waals surface area contributed by atoms with Crippen LogP contribution in [0, 0.1) is 0 Å². The number of rotatable bonds is 0. The fraction of sp³-hybridized carbons (Fsp3) is 0.400. The van der Waals surface area contributed by atoms with Crippen molar-refractivity contribution in [1.82, 2.24) is 0 Å². The van der Waals surface area contributed by atoms with Gasteiger partial charge in [0.15, 0.2) is 0 Å². The van der Waals surface area contributed by atoms with E-state index in [0.717, 1.165) is 26.1 Å². The van der Waals surface area contributed by atoms with Crippen LogP contribution in [0.15, 0.2) is 35.5 Å². The van der Waals surface area contributed by atoms with Gasteiger partial charge in [0, 0.05) is 0 Å². The molecule has 1 aliphatic heterocycles. The first kappa shape index (κ1) is 6.86. The van der Waals surface area contributed by atoms with Crippen LogP contribution in [0.4, 0.5) is 0 Å². The number of hydrogen-bond acceptors (Lipinski definition) is 1. The molecule has 1 nitrogen and oxygen atoms in total. The van der Waals surface area contributed by atoms with Crippen molar-refractivity contribution in [3.63, 3.8) is 0 Å². The second-order valence-electron chi connectivity index (χ2n) is 2.89. The van der Waals surface area contributed by atoms with Crippen LogP contribution in [-0.4, -0.2) is 13.2 Å². The van der Waals surface area contributed by atoms with Crippen LogP contribution in [-0.2, 0) is 4.74 Å². The van der Waals surface area contributed by atoms with Crippen LogP contribution in [0.25, 0.3) is 0 Å². The molecule has 0 saturated carbocycles. The first-order valence-electron chi connectivity index (χ1n) is 4.09. The Morgan fingerprint density at radius 2 is 2.27 bits per heavy atom. The van der Waals surface area contributed by atoms with Crippen molar-refractivity contribution in [1.29, 1.82) is 0 Å². The Morgan fingerprint density at radius 1 is 1.27 bits per heavy atom. The van der Waals surface area contributed by atoms with E-state index in [2.05, 4.69) is 24.3 Å². The highest BCUT2D eigenvalue weighted by molar-refractivity contribution is 5.37. The first-order chi connectivity index (χ1) is 5.47. The van der Waals surface area contributed by atoms with Gasteiger partial charge in [-0.3, -0.25) is 0 Å². The van der Waals surface area contributed by atoms with Gasteiger partial charge in [0.1, 0.15) is 0 Å². The summed E-state index contributed by atoms with van der Waals surface area (Å²) < 4.78 is 5.35. The predicted molar refractivity (Wildman–Crippen MR) is 45.4 cm³/mol. The molecule has 0 aromatic carbocycles. The summed E-state index contributed by atoms with van der Waals surface area (Å²) in [6.45, 7) is 1.69. The van der Waals surface area contributed by atoms with Gasteiger partial charge in [-0.1, -0.05) is 24.3 Å². The minimum atomic E-state index is 0.802. The van der Waals surface area contributed by atoms with Gasteiger partial charge in [0.2, 0.25) is 0 Å². The smallest absolute Gasteiger partial charge is 0.0719 e. The molecule has 1 heteroatoms. The summed E-state index contributed by atoms with van der Waals surface area (Å²) in [5, 5.41) is 0. The Balaban J connectivity index is 2.26. The third-order valence-corrected chi connectivity index (χ3v) is 2.12. The minimum absolute atomic E-state index is 0.802. The Labute approximate surface area is 67.1 Å². The standard InChI is InChI=1S/C10H12O/c1-2-4-9-6-7-11-8-10(9)5-3-1/h1,3-5H,2,6-8H2. The van der Waals surface area contributed by atoms with Crippen LogP contribution in [0.1, 0.15) is 12.8 Å². The van der Waals surface area contributed by atoms with Gasteiger partial charge in [-0.2, -0.15) is 0 Å². The molecule has 0 amide bonds. The lowest BCUT2D eigenvalue weighted by molar-refractivity contribution is 0.146. The fourth-order valence-corrected chi connectivity index (χ4v) is 1.48. The maximum absolute atomic E-state index is 5.35. The largest absolute Gasteiger partial charge is 0.376 e. The average molecular weight is 148 g/mol. The van der Waals surface area contributed by atoms with Crippen LogP contribution in [0.3, 0.4) is 0 Å². The molecule has 0 atom stereocenters. The van der Waals surface area contributed by atoms with Gasteiger partial charge in [-0.25, -0.2) is 0 Å². The van der Waals surface area contributed by atoms with Crippen molar-refractivity contribution < 1.29 is 4.74 Å². The molecule has 0 N–H and O–H groups in total. The Bertz CT molecular complexity index is 233. The molecule has 0 aromatic heterocycles. The molecule has 1 saturated heterocycles. The molecule has 1 fully saturated rings. The van der Waals surface area contributed by atoms with Crippen molar-refractivity contribution >= 4 is 0 Å². The van der Waals surface area contributed by atoms with Gasteiger partial charge in [0.25, 0.3) is 0 Å². The predicted octanol–water partition coefficient (Wildman–Crippen LogP) is 2.22. The average Bonchev–Trinajstić information content (AvgIpc) is 2.28. The summed E-state index contributed by atoms with van der Waals surface area (Å²) in [5.41, 5.74) is 2.85. The van der Waals surface area contributed by atoms with Crippen LogP contribution in [0.5, 0.6) is 0 Å². The SMILES string of the molecule is C1=CCC=C2CCOCC2=C1. The fourth-order valence-electron chi connectivity index (χ4n) is 1.48. The van der Waals surface area contributed by atoms with Crippen LogP contribution in [0.2, 0.25) is 0 Å². The monoisotopic (exact) mass is 148 g/mol. The lowest BCUT2D eigenvalue weighted by Gasteiger charge is -2.17.